The molecule has 0 radical (unpaired) electrons. The molecule has 30 heavy (non-hydrogen) atoms. The second-order valence-electron chi connectivity index (χ2n) is 7.99. The second-order valence-corrected chi connectivity index (χ2v) is 9.00. The van der Waals surface area contributed by atoms with E-state index in [2.05, 4.69) is 4.74 Å². The van der Waals surface area contributed by atoms with Crippen LogP contribution in [-0.2, 0) is 16.0 Å². The first kappa shape index (κ1) is 22.1. The van der Waals surface area contributed by atoms with Crippen molar-refractivity contribution in [2.45, 2.75) is 27.2 Å². The average Bonchev–Trinajstić information content (AvgIpc) is 3.05. The number of allylic oxidation sites excluding steroid dienone is 1. The van der Waals surface area contributed by atoms with E-state index < -0.39 is 28.0 Å². The number of benzene rings is 2. The van der Waals surface area contributed by atoms with Gasteiger partial charge in [-0.05, 0) is 54.7 Å². The Balaban J connectivity index is 2.00. The van der Waals surface area contributed by atoms with Crippen LogP contribution in [0.3, 0.4) is 0 Å². The molecule has 1 fully saturated rings. The molecule has 0 saturated heterocycles. The topological polar surface area (TPSA) is 59.3 Å². The molecule has 0 heterocycles. The Labute approximate surface area is 184 Å². The van der Waals surface area contributed by atoms with Crippen molar-refractivity contribution in [3.8, 4) is 17.8 Å². The molecular weight excluding hydrogens is 428 g/mol. The summed E-state index contributed by atoms with van der Waals surface area (Å²) in [6.07, 6.45) is 3.36. The van der Waals surface area contributed by atoms with Crippen molar-refractivity contribution >= 4 is 29.2 Å². The minimum absolute atomic E-state index is 0.000529. The zero-order valence-corrected chi connectivity index (χ0v) is 18.2. The Morgan fingerprint density at radius 2 is 1.83 bits per heavy atom. The number of carbonyl (C=O) groups excluding carboxylic acids is 1. The molecule has 0 amide bonds. The van der Waals surface area contributed by atoms with Gasteiger partial charge in [0.2, 0.25) is 0 Å². The van der Waals surface area contributed by atoms with Crippen LogP contribution in [0.1, 0.15) is 26.3 Å². The summed E-state index contributed by atoms with van der Waals surface area (Å²) in [5, 5.41) is 8.83. The van der Waals surface area contributed by atoms with Gasteiger partial charge in [0, 0.05) is 5.41 Å². The number of esters is 1. The van der Waals surface area contributed by atoms with Gasteiger partial charge in [-0.25, -0.2) is 4.39 Å². The quantitative estimate of drug-likeness (QED) is 0.372. The Kier molecular flexibility index (Phi) is 5.86. The summed E-state index contributed by atoms with van der Waals surface area (Å²) in [6, 6.07) is 13.4. The summed E-state index contributed by atoms with van der Waals surface area (Å²) in [5.41, 5.74) is -1.80. The van der Waals surface area contributed by atoms with Crippen LogP contribution < -0.4 is 4.74 Å². The highest BCUT2D eigenvalue weighted by molar-refractivity contribution is 6.55. The maximum atomic E-state index is 14.4. The minimum atomic E-state index is -1.06. The standard InChI is InChI=1S/C23H20Cl2FNO3/c1-21(2)22(3,20(28)29-14-27)23(21,13-19(24)25)12-15-9-10-17(26)18(11-15)30-16-7-5-4-6-8-16/h4-11,13H,12H2,1-3H3. The fraction of sp³-hybridized carbons (Fsp3) is 0.304. The first-order valence-corrected chi connectivity index (χ1v) is 10.0. The molecule has 0 spiro atoms. The molecule has 1 aliphatic rings. The maximum Gasteiger partial charge on any atom is 0.328 e. The van der Waals surface area contributed by atoms with Crippen LogP contribution in [0.25, 0.3) is 0 Å². The fourth-order valence-corrected chi connectivity index (χ4v) is 4.82. The van der Waals surface area contributed by atoms with Crippen LogP contribution in [0, 0.1) is 33.6 Å². The molecule has 4 nitrogen and oxygen atoms in total. The molecule has 0 aromatic heterocycles. The molecule has 0 bridgehead atoms. The number of rotatable bonds is 6. The number of halogens is 3. The van der Waals surface area contributed by atoms with E-state index >= 15 is 0 Å². The van der Waals surface area contributed by atoms with Gasteiger partial charge in [0.1, 0.15) is 10.2 Å². The lowest BCUT2D eigenvalue weighted by atomic mass is 9.86. The van der Waals surface area contributed by atoms with Crippen molar-refractivity contribution < 1.29 is 18.7 Å². The monoisotopic (exact) mass is 447 g/mol. The van der Waals surface area contributed by atoms with Crippen LogP contribution in [0.2, 0.25) is 0 Å². The molecule has 156 valence electrons. The number of carbonyl (C=O) groups is 1. The van der Waals surface area contributed by atoms with Gasteiger partial charge in [-0.2, -0.15) is 0 Å². The van der Waals surface area contributed by atoms with Crippen molar-refractivity contribution in [2.24, 2.45) is 16.2 Å². The zero-order valence-electron chi connectivity index (χ0n) is 16.7. The highest BCUT2D eigenvalue weighted by Gasteiger charge is 2.82. The summed E-state index contributed by atoms with van der Waals surface area (Å²) in [7, 11) is 0. The Morgan fingerprint density at radius 3 is 2.43 bits per heavy atom. The van der Waals surface area contributed by atoms with Crippen LogP contribution in [0.15, 0.2) is 59.1 Å². The predicted octanol–water partition coefficient (Wildman–Crippen LogP) is 6.54. The molecule has 0 N–H and O–H groups in total. The summed E-state index contributed by atoms with van der Waals surface area (Å²) in [4.78, 5) is 12.6. The zero-order chi connectivity index (χ0) is 22.2. The number of ether oxygens (including phenoxy) is 2. The van der Waals surface area contributed by atoms with Crippen molar-refractivity contribution in [1.29, 1.82) is 5.26 Å². The average molecular weight is 448 g/mol. The third-order valence-corrected chi connectivity index (χ3v) is 6.76. The number of nitriles is 1. The second kappa shape index (κ2) is 7.94. The first-order chi connectivity index (χ1) is 14.1. The summed E-state index contributed by atoms with van der Waals surface area (Å²) in [6.45, 7) is 5.47. The number of para-hydroxylation sites is 1. The largest absolute Gasteiger partial charge is 0.454 e. The van der Waals surface area contributed by atoms with E-state index in [9.17, 15) is 9.18 Å². The third kappa shape index (κ3) is 3.45. The van der Waals surface area contributed by atoms with Gasteiger partial charge in [-0.3, -0.25) is 4.79 Å². The summed E-state index contributed by atoms with van der Waals surface area (Å²) < 4.78 is 24.7. The SMILES string of the molecule is CC1(C)C(C=C(Cl)Cl)(Cc2ccc(F)c(Oc3ccccc3)c2)C1(C)C(=O)OC#N. The third-order valence-electron chi connectivity index (χ3n) is 6.55. The number of hydrogen-bond donors (Lipinski definition) is 0. The molecule has 2 unspecified atom stereocenters. The predicted molar refractivity (Wildman–Crippen MR) is 112 cm³/mol. The molecule has 3 rings (SSSR count). The van der Waals surface area contributed by atoms with Gasteiger partial charge < -0.3 is 9.47 Å². The van der Waals surface area contributed by atoms with E-state index in [0.717, 1.165) is 5.56 Å². The Hall–Kier alpha value is -2.55. The van der Waals surface area contributed by atoms with E-state index in [1.54, 1.807) is 49.4 Å². The van der Waals surface area contributed by atoms with Gasteiger partial charge in [0.15, 0.2) is 11.6 Å². The van der Waals surface area contributed by atoms with Gasteiger partial charge in [0.25, 0.3) is 6.26 Å². The molecule has 0 aliphatic heterocycles. The van der Waals surface area contributed by atoms with E-state index in [0.29, 0.717) is 12.2 Å². The lowest BCUT2D eigenvalue weighted by Crippen LogP contribution is -2.23. The molecule has 2 aromatic rings. The van der Waals surface area contributed by atoms with Crippen molar-refractivity contribution in [3.05, 3.63) is 70.5 Å². The van der Waals surface area contributed by atoms with Crippen molar-refractivity contribution in [3.63, 3.8) is 0 Å². The van der Waals surface area contributed by atoms with E-state index in [-0.39, 0.29) is 10.2 Å². The van der Waals surface area contributed by atoms with Gasteiger partial charge in [-0.15, -0.1) is 5.26 Å². The first-order valence-electron chi connectivity index (χ1n) is 9.24. The van der Waals surface area contributed by atoms with Crippen LogP contribution >= 0.6 is 23.2 Å². The lowest BCUT2D eigenvalue weighted by Gasteiger charge is -2.19. The maximum absolute atomic E-state index is 14.4. The van der Waals surface area contributed by atoms with Crippen LogP contribution in [0.5, 0.6) is 11.5 Å². The number of nitrogens with zero attached hydrogens (tertiary/aromatic N) is 1. The van der Waals surface area contributed by atoms with Crippen molar-refractivity contribution in [2.75, 3.05) is 0 Å². The van der Waals surface area contributed by atoms with E-state index in [1.165, 1.54) is 12.3 Å². The van der Waals surface area contributed by atoms with Crippen molar-refractivity contribution in [1.82, 2.24) is 0 Å². The van der Waals surface area contributed by atoms with E-state index in [4.69, 9.17) is 33.2 Å². The summed E-state index contributed by atoms with van der Waals surface area (Å²) in [5.74, 6) is -0.608. The van der Waals surface area contributed by atoms with Crippen LogP contribution in [0.4, 0.5) is 4.39 Å². The smallest absolute Gasteiger partial charge is 0.328 e. The molecule has 1 saturated carbocycles. The summed E-state index contributed by atoms with van der Waals surface area (Å²) >= 11 is 12.0. The Bertz CT molecular complexity index is 1040. The molecular formula is C23H20Cl2FNO3. The van der Waals surface area contributed by atoms with Gasteiger partial charge in [-0.1, -0.05) is 61.3 Å². The normalized spacial score (nSPS) is 23.8. The molecule has 2 atom stereocenters. The Morgan fingerprint density at radius 1 is 1.17 bits per heavy atom. The highest BCUT2D eigenvalue weighted by Crippen LogP contribution is 2.80. The molecule has 2 aromatic carbocycles. The molecule has 7 heteroatoms. The van der Waals surface area contributed by atoms with E-state index in [1.807, 2.05) is 19.9 Å². The van der Waals surface area contributed by atoms with Crippen LogP contribution in [-0.4, -0.2) is 5.97 Å². The number of hydrogen-bond acceptors (Lipinski definition) is 4. The van der Waals surface area contributed by atoms with Gasteiger partial charge in [0.05, 0.1) is 5.41 Å². The lowest BCUT2D eigenvalue weighted by molar-refractivity contribution is -0.144. The molecule has 1 aliphatic carbocycles. The minimum Gasteiger partial charge on any atom is -0.454 e. The highest BCUT2D eigenvalue weighted by atomic mass is 35.5. The van der Waals surface area contributed by atoms with Gasteiger partial charge >= 0.3 is 5.97 Å². The fourth-order valence-electron chi connectivity index (χ4n) is 4.45.